The zero-order chi connectivity index (χ0) is 18.9. The number of carbonyl (C=O) groups is 2. The van der Waals surface area contributed by atoms with Crippen LogP contribution < -0.4 is 5.32 Å². The molecular weight excluding hydrogens is 344 g/mol. The van der Waals surface area contributed by atoms with Crippen LogP contribution in [0.15, 0.2) is 54.6 Å². The number of thioether (sulfide) groups is 1. The topological polar surface area (TPSA) is 49.4 Å². The first-order valence-electron chi connectivity index (χ1n) is 8.70. The van der Waals surface area contributed by atoms with E-state index in [2.05, 4.69) is 17.4 Å². The van der Waals surface area contributed by atoms with Crippen molar-refractivity contribution in [1.29, 1.82) is 0 Å². The summed E-state index contributed by atoms with van der Waals surface area (Å²) in [4.78, 5) is 26.6. The molecular formula is C21H26N2O2S. The standard InChI is InChI=1S/C21H26N2O2S/c1-16-9-7-8-12-19(16)13-23(17(2)21(25)22-3)20(24)15-26-14-18-10-5-4-6-11-18/h4-12,17H,13-15H2,1-3H3,(H,22,25). The first kappa shape index (κ1) is 20.0. The Kier molecular flexibility index (Phi) is 7.73. The number of hydrogen-bond acceptors (Lipinski definition) is 3. The third-order valence-corrected chi connectivity index (χ3v) is 5.34. The zero-order valence-corrected chi connectivity index (χ0v) is 16.4. The Hall–Kier alpha value is -2.27. The van der Waals surface area contributed by atoms with E-state index in [-0.39, 0.29) is 11.8 Å². The van der Waals surface area contributed by atoms with Crippen LogP contribution in [-0.2, 0) is 21.9 Å². The second-order valence-corrected chi connectivity index (χ2v) is 7.20. The zero-order valence-electron chi connectivity index (χ0n) is 15.6. The van der Waals surface area contributed by atoms with Crippen molar-refractivity contribution in [3.63, 3.8) is 0 Å². The molecule has 4 nitrogen and oxygen atoms in total. The third kappa shape index (κ3) is 5.63. The molecule has 0 aliphatic rings. The highest BCUT2D eigenvalue weighted by atomic mass is 32.2. The van der Waals surface area contributed by atoms with Crippen LogP contribution in [0.4, 0.5) is 0 Å². The fraction of sp³-hybridized carbons (Fsp3) is 0.333. The lowest BCUT2D eigenvalue weighted by atomic mass is 10.1. The van der Waals surface area contributed by atoms with Gasteiger partial charge in [0.25, 0.3) is 0 Å². The summed E-state index contributed by atoms with van der Waals surface area (Å²) in [6.45, 7) is 4.23. The van der Waals surface area contributed by atoms with Crippen LogP contribution in [0.3, 0.4) is 0 Å². The van der Waals surface area contributed by atoms with Crippen LogP contribution in [0, 0.1) is 6.92 Å². The minimum Gasteiger partial charge on any atom is -0.357 e. The second-order valence-electron chi connectivity index (χ2n) is 6.22. The van der Waals surface area contributed by atoms with Gasteiger partial charge >= 0.3 is 0 Å². The molecule has 26 heavy (non-hydrogen) atoms. The van der Waals surface area contributed by atoms with E-state index in [1.54, 1.807) is 30.6 Å². The molecule has 0 bridgehead atoms. The van der Waals surface area contributed by atoms with Crippen LogP contribution in [0.25, 0.3) is 0 Å². The Morgan fingerprint density at radius 2 is 1.73 bits per heavy atom. The number of carbonyl (C=O) groups excluding carboxylic acids is 2. The molecule has 0 fully saturated rings. The Bertz CT molecular complexity index is 734. The first-order chi connectivity index (χ1) is 12.5. The van der Waals surface area contributed by atoms with Crippen molar-refractivity contribution in [2.45, 2.75) is 32.2 Å². The fourth-order valence-electron chi connectivity index (χ4n) is 2.68. The Morgan fingerprint density at radius 3 is 2.38 bits per heavy atom. The maximum Gasteiger partial charge on any atom is 0.242 e. The van der Waals surface area contributed by atoms with Crippen LogP contribution >= 0.6 is 11.8 Å². The van der Waals surface area contributed by atoms with Gasteiger partial charge in [-0.1, -0.05) is 54.6 Å². The summed E-state index contributed by atoms with van der Waals surface area (Å²) in [5.41, 5.74) is 3.37. The summed E-state index contributed by atoms with van der Waals surface area (Å²) in [6, 6.07) is 17.5. The largest absolute Gasteiger partial charge is 0.357 e. The molecule has 1 N–H and O–H groups in total. The molecule has 0 spiro atoms. The van der Waals surface area contributed by atoms with Gasteiger partial charge in [-0.2, -0.15) is 0 Å². The van der Waals surface area contributed by atoms with Crippen LogP contribution in [0.2, 0.25) is 0 Å². The van der Waals surface area contributed by atoms with Gasteiger partial charge in [0.1, 0.15) is 6.04 Å². The van der Waals surface area contributed by atoms with E-state index >= 15 is 0 Å². The minimum absolute atomic E-state index is 0.0229. The third-order valence-electron chi connectivity index (χ3n) is 4.35. The van der Waals surface area contributed by atoms with Crippen molar-refractivity contribution < 1.29 is 9.59 Å². The molecule has 0 aliphatic carbocycles. The van der Waals surface area contributed by atoms with Crippen molar-refractivity contribution in [2.24, 2.45) is 0 Å². The van der Waals surface area contributed by atoms with Crippen LogP contribution in [-0.4, -0.2) is 35.6 Å². The Balaban J connectivity index is 2.05. The molecule has 0 radical (unpaired) electrons. The number of likely N-dealkylation sites (N-methyl/N-ethyl adjacent to an activating group) is 1. The molecule has 2 amide bonds. The average molecular weight is 371 g/mol. The van der Waals surface area contributed by atoms with Gasteiger partial charge in [-0.05, 0) is 30.5 Å². The fourth-order valence-corrected chi connectivity index (χ4v) is 3.55. The lowest BCUT2D eigenvalue weighted by Gasteiger charge is -2.29. The molecule has 0 heterocycles. The highest BCUT2D eigenvalue weighted by molar-refractivity contribution is 7.99. The van der Waals surface area contributed by atoms with E-state index in [9.17, 15) is 9.59 Å². The van der Waals surface area contributed by atoms with Gasteiger partial charge < -0.3 is 10.2 Å². The van der Waals surface area contributed by atoms with Gasteiger partial charge in [-0.3, -0.25) is 9.59 Å². The van der Waals surface area contributed by atoms with E-state index in [0.29, 0.717) is 12.3 Å². The normalized spacial score (nSPS) is 11.7. The molecule has 5 heteroatoms. The number of amides is 2. The molecule has 1 unspecified atom stereocenters. The average Bonchev–Trinajstić information content (AvgIpc) is 2.67. The summed E-state index contributed by atoms with van der Waals surface area (Å²) in [6.07, 6.45) is 0. The molecule has 0 aromatic heterocycles. The van der Waals surface area contributed by atoms with E-state index in [1.807, 2.05) is 49.4 Å². The molecule has 2 aromatic carbocycles. The van der Waals surface area contributed by atoms with Crippen molar-refractivity contribution in [3.05, 3.63) is 71.3 Å². The molecule has 1 atom stereocenters. The van der Waals surface area contributed by atoms with Crippen LogP contribution in [0.1, 0.15) is 23.6 Å². The van der Waals surface area contributed by atoms with E-state index in [4.69, 9.17) is 0 Å². The summed E-state index contributed by atoms with van der Waals surface area (Å²) in [7, 11) is 1.60. The van der Waals surface area contributed by atoms with Crippen LogP contribution in [0.5, 0.6) is 0 Å². The number of aryl methyl sites for hydroxylation is 1. The van der Waals surface area contributed by atoms with Gasteiger partial charge in [0.15, 0.2) is 0 Å². The van der Waals surface area contributed by atoms with Crippen molar-refractivity contribution in [3.8, 4) is 0 Å². The monoisotopic (exact) mass is 370 g/mol. The predicted molar refractivity (Wildman–Crippen MR) is 108 cm³/mol. The summed E-state index contributed by atoms with van der Waals surface area (Å²) < 4.78 is 0. The number of nitrogens with one attached hydrogen (secondary N) is 1. The van der Waals surface area contributed by atoms with Gasteiger partial charge in [0.2, 0.25) is 11.8 Å². The van der Waals surface area contributed by atoms with E-state index in [0.717, 1.165) is 16.9 Å². The van der Waals surface area contributed by atoms with Gasteiger partial charge in [-0.25, -0.2) is 0 Å². The number of benzene rings is 2. The van der Waals surface area contributed by atoms with Gasteiger partial charge in [-0.15, -0.1) is 11.8 Å². The molecule has 0 saturated carbocycles. The number of hydrogen-bond donors (Lipinski definition) is 1. The summed E-state index contributed by atoms with van der Waals surface area (Å²) in [5, 5.41) is 2.64. The van der Waals surface area contributed by atoms with Crippen molar-refractivity contribution >= 4 is 23.6 Å². The second kappa shape index (κ2) is 10.0. The number of rotatable bonds is 8. The lowest BCUT2D eigenvalue weighted by Crippen LogP contribution is -2.47. The van der Waals surface area contributed by atoms with Gasteiger partial charge in [0.05, 0.1) is 5.75 Å². The highest BCUT2D eigenvalue weighted by Gasteiger charge is 2.25. The van der Waals surface area contributed by atoms with E-state index in [1.165, 1.54) is 5.56 Å². The summed E-state index contributed by atoms with van der Waals surface area (Å²) in [5.74, 6) is 0.951. The maximum absolute atomic E-state index is 12.8. The SMILES string of the molecule is CNC(=O)C(C)N(Cc1ccccc1C)C(=O)CSCc1ccccc1. The molecule has 2 rings (SSSR count). The molecule has 0 saturated heterocycles. The number of nitrogens with zero attached hydrogens (tertiary/aromatic N) is 1. The lowest BCUT2D eigenvalue weighted by molar-refractivity contribution is -0.138. The summed E-state index contributed by atoms with van der Waals surface area (Å²) >= 11 is 1.57. The smallest absolute Gasteiger partial charge is 0.242 e. The highest BCUT2D eigenvalue weighted by Crippen LogP contribution is 2.17. The quantitative estimate of drug-likeness (QED) is 0.775. The maximum atomic E-state index is 12.8. The Morgan fingerprint density at radius 1 is 1.08 bits per heavy atom. The van der Waals surface area contributed by atoms with Gasteiger partial charge in [0, 0.05) is 19.3 Å². The molecule has 0 aliphatic heterocycles. The first-order valence-corrected chi connectivity index (χ1v) is 9.85. The molecule has 138 valence electrons. The predicted octanol–water partition coefficient (Wildman–Crippen LogP) is 3.39. The minimum atomic E-state index is -0.510. The molecule has 2 aromatic rings. The Labute approximate surface area is 160 Å². The van der Waals surface area contributed by atoms with Crippen molar-refractivity contribution in [2.75, 3.05) is 12.8 Å². The van der Waals surface area contributed by atoms with Crippen molar-refractivity contribution in [1.82, 2.24) is 10.2 Å². The van der Waals surface area contributed by atoms with E-state index < -0.39 is 6.04 Å².